The largest absolute Gasteiger partial charge is 0.384 e. The van der Waals surface area contributed by atoms with Gasteiger partial charge in [0.05, 0.1) is 31.3 Å². The van der Waals surface area contributed by atoms with Crippen molar-refractivity contribution < 1.29 is 9.47 Å². The number of nitriles is 1. The lowest BCUT2D eigenvalue weighted by atomic mass is 9.88. The molecule has 0 aliphatic carbocycles. The second kappa shape index (κ2) is 6.91. The Morgan fingerprint density at radius 1 is 1.23 bits per heavy atom. The van der Waals surface area contributed by atoms with E-state index in [1.165, 1.54) is 16.3 Å². The van der Waals surface area contributed by atoms with Gasteiger partial charge in [-0.3, -0.25) is 0 Å². The number of fused-ring (bicyclic) bond motifs is 1. The zero-order valence-electron chi connectivity index (χ0n) is 12.9. The van der Waals surface area contributed by atoms with Crippen LogP contribution in [0.4, 0.5) is 0 Å². The molecule has 3 nitrogen and oxygen atoms in total. The van der Waals surface area contributed by atoms with Gasteiger partial charge in [0, 0.05) is 13.0 Å². The van der Waals surface area contributed by atoms with Gasteiger partial charge in [-0.05, 0) is 29.2 Å². The number of rotatable bonds is 5. The third-order valence-electron chi connectivity index (χ3n) is 4.48. The molecular weight excluding hydrogens is 274 g/mol. The molecule has 1 fully saturated rings. The minimum Gasteiger partial charge on any atom is -0.384 e. The van der Waals surface area contributed by atoms with Crippen LogP contribution in [-0.2, 0) is 9.47 Å². The molecule has 0 saturated carbocycles. The maximum absolute atomic E-state index is 8.86. The van der Waals surface area contributed by atoms with Crippen LogP contribution in [0.25, 0.3) is 10.8 Å². The molecule has 0 spiro atoms. The van der Waals surface area contributed by atoms with Gasteiger partial charge in [-0.2, -0.15) is 5.26 Å². The standard InChI is InChI=1S/C19H21NO2/c1-21-13-18(19-10-9-15(22-19)11-12-20)17-8-4-6-14-5-2-3-7-16(14)17/h2-8,15,18-19H,9-11,13H2,1H3. The highest BCUT2D eigenvalue weighted by Crippen LogP contribution is 2.36. The van der Waals surface area contributed by atoms with Crippen LogP contribution in [0.3, 0.4) is 0 Å². The summed E-state index contributed by atoms with van der Waals surface area (Å²) >= 11 is 0. The fourth-order valence-electron chi connectivity index (χ4n) is 3.43. The van der Waals surface area contributed by atoms with Crippen LogP contribution in [0.2, 0.25) is 0 Å². The summed E-state index contributed by atoms with van der Waals surface area (Å²) in [6, 6.07) is 17.1. The van der Waals surface area contributed by atoms with Crippen LogP contribution >= 0.6 is 0 Å². The third kappa shape index (κ3) is 2.99. The van der Waals surface area contributed by atoms with Crippen molar-refractivity contribution in [2.75, 3.05) is 13.7 Å². The van der Waals surface area contributed by atoms with Gasteiger partial charge in [-0.1, -0.05) is 42.5 Å². The molecule has 0 aromatic heterocycles. The van der Waals surface area contributed by atoms with Crippen LogP contribution in [0.1, 0.15) is 30.7 Å². The minimum absolute atomic E-state index is 0.0735. The molecular formula is C19H21NO2. The first-order valence-electron chi connectivity index (χ1n) is 7.82. The maximum Gasteiger partial charge on any atom is 0.0710 e. The average molecular weight is 295 g/mol. The van der Waals surface area contributed by atoms with Crippen LogP contribution in [0.15, 0.2) is 42.5 Å². The highest BCUT2D eigenvalue weighted by molar-refractivity contribution is 5.86. The van der Waals surface area contributed by atoms with Crippen molar-refractivity contribution >= 4 is 10.8 Å². The normalized spacial score (nSPS) is 22.5. The fraction of sp³-hybridized carbons (Fsp3) is 0.421. The first-order valence-corrected chi connectivity index (χ1v) is 7.82. The lowest BCUT2D eigenvalue weighted by molar-refractivity contribution is 0.0134. The Morgan fingerprint density at radius 3 is 2.86 bits per heavy atom. The van der Waals surface area contributed by atoms with E-state index in [-0.39, 0.29) is 18.1 Å². The Morgan fingerprint density at radius 2 is 2.05 bits per heavy atom. The number of methoxy groups -OCH3 is 1. The van der Waals surface area contributed by atoms with Crippen LogP contribution in [0, 0.1) is 11.3 Å². The second-order valence-electron chi connectivity index (χ2n) is 5.87. The van der Waals surface area contributed by atoms with Gasteiger partial charge in [0.25, 0.3) is 0 Å². The van der Waals surface area contributed by atoms with E-state index in [9.17, 15) is 0 Å². The molecule has 0 radical (unpaired) electrons. The van der Waals surface area contributed by atoms with E-state index < -0.39 is 0 Å². The zero-order chi connectivity index (χ0) is 15.4. The molecule has 3 heteroatoms. The van der Waals surface area contributed by atoms with E-state index >= 15 is 0 Å². The second-order valence-corrected chi connectivity index (χ2v) is 5.87. The Balaban J connectivity index is 1.92. The topological polar surface area (TPSA) is 42.2 Å². The van der Waals surface area contributed by atoms with Crippen molar-refractivity contribution in [1.29, 1.82) is 5.26 Å². The van der Waals surface area contributed by atoms with E-state index in [1.807, 2.05) is 0 Å². The van der Waals surface area contributed by atoms with Crippen LogP contribution in [0.5, 0.6) is 0 Å². The summed E-state index contributed by atoms with van der Waals surface area (Å²) in [6.45, 7) is 0.637. The smallest absolute Gasteiger partial charge is 0.0710 e. The number of hydrogen-bond acceptors (Lipinski definition) is 3. The molecule has 3 unspecified atom stereocenters. The molecule has 0 amide bonds. The first-order chi connectivity index (χ1) is 10.8. The van der Waals surface area contributed by atoms with E-state index in [0.717, 1.165) is 12.8 Å². The van der Waals surface area contributed by atoms with E-state index in [2.05, 4.69) is 48.5 Å². The molecule has 0 bridgehead atoms. The molecule has 22 heavy (non-hydrogen) atoms. The van der Waals surface area contributed by atoms with Crippen molar-refractivity contribution in [2.45, 2.75) is 37.4 Å². The van der Waals surface area contributed by atoms with Gasteiger partial charge in [0.1, 0.15) is 0 Å². The van der Waals surface area contributed by atoms with Crippen LogP contribution < -0.4 is 0 Å². The summed E-state index contributed by atoms with van der Waals surface area (Å²) in [4.78, 5) is 0. The van der Waals surface area contributed by atoms with Gasteiger partial charge in [-0.25, -0.2) is 0 Å². The Labute approximate surface area is 131 Å². The molecule has 2 aromatic rings. The third-order valence-corrected chi connectivity index (χ3v) is 4.48. The molecule has 114 valence electrons. The fourth-order valence-corrected chi connectivity index (χ4v) is 3.43. The molecule has 1 aliphatic heterocycles. The average Bonchev–Trinajstić information content (AvgIpc) is 3.01. The van der Waals surface area contributed by atoms with Crippen molar-refractivity contribution in [2.24, 2.45) is 0 Å². The molecule has 1 heterocycles. The molecule has 0 N–H and O–H groups in total. The monoisotopic (exact) mass is 295 g/mol. The summed E-state index contributed by atoms with van der Waals surface area (Å²) < 4.78 is 11.6. The summed E-state index contributed by atoms with van der Waals surface area (Å²) in [5, 5.41) is 11.4. The first kappa shape index (κ1) is 15.0. The zero-order valence-corrected chi connectivity index (χ0v) is 12.9. The van der Waals surface area contributed by atoms with Gasteiger partial charge in [-0.15, -0.1) is 0 Å². The van der Waals surface area contributed by atoms with Crippen LogP contribution in [-0.4, -0.2) is 25.9 Å². The van der Waals surface area contributed by atoms with Crippen molar-refractivity contribution in [3.05, 3.63) is 48.0 Å². The van der Waals surface area contributed by atoms with Gasteiger partial charge < -0.3 is 9.47 Å². The lowest BCUT2D eigenvalue weighted by Crippen LogP contribution is -2.23. The van der Waals surface area contributed by atoms with E-state index in [4.69, 9.17) is 14.7 Å². The highest BCUT2D eigenvalue weighted by Gasteiger charge is 2.33. The Bertz CT molecular complexity index is 671. The lowest BCUT2D eigenvalue weighted by Gasteiger charge is -2.25. The van der Waals surface area contributed by atoms with Crippen molar-refractivity contribution in [3.8, 4) is 6.07 Å². The summed E-state index contributed by atoms with van der Waals surface area (Å²) in [5.74, 6) is 0.208. The SMILES string of the molecule is COCC(c1cccc2ccccc12)C1CCC(CC#N)O1. The van der Waals surface area contributed by atoms with Gasteiger partial charge >= 0.3 is 0 Å². The molecule has 1 saturated heterocycles. The summed E-state index contributed by atoms with van der Waals surface area (Å²) in [6.07, 6.45) is 2.63. The predicted molar refractivity (Wildman–Crippen MR) is 86.7 cm³/mol. The Hall–Kier alpha value is -1.89. The molecule has 1 aliphatic rings. The van der Waals surface area contributed by atoms with Gasteiger partial charge in [0.15, 0.2) is 0 Å². The number of ether oxygens (including phenoxy) is 2. The van der Waals surface area contributed by atoms with Gasteiger partial charge in [0.2, 0.25) is 0 Å². The quantitative estimate of drug-likeness (QED) is 0.836. The predicted octanol–water partition coefficient (Wildman–Crippen LogP) is 4.03. The molecule has 3 rings (SSSR count). The minimum atomic E-state index is 0.0735. The summed E-state index contributed by atoms with van der Waals surface area (Å²) in [5.41, 5.74) is 1.28. The van der Waals surface area contributed by atoms with E-state index in [1.54, 1.807) is 7.11 Å². The van der Waals surface area contributed by atoms with Crippen molar-refractivity contribution in [1.82, 2.24) is 0 Å². The van der Waals surface area contributed by atoms with Crippen molar-refractivity contribution in [3.63, 3.8) is 0 Å². The number of hydrogen-bond donors (Lipinski definition) is 0. The van der Waals surface area contributed by atoms with E-state index in [0.29, 0.717) is 13.0 Å². The number of benzene rings is 2. The Kier molecular flexibility index (Phi) is 4.72. The summed E-state index contributed by atoms with van der Waals surface area (Å²) in [7, 11) is 1.74. The number of nitrogens with zero attached hydrogens (tertiary/aromatic N) is 1. The highest BCUT2D eigenvalue weighted by atomic mass is 16.5. The maximum atomic E-state index is 8.86. The molecule has 3 atom stereocenters. The molecule has 2 aromatic carbocycles.